The highest BCUT2D eigenvalue weighted by Crippen LogP contribution is 2.14. The molecule has 0 unspecified atom stereocenters. The molecule has 0 radical (unpaired) electrons. The molecular weight excluding hydrogens is 156 g/mol. The maximum atomic E-state index is 11.1. The number of nitrogens with one attached hydrogen (secondary N) is 2. The third-order valence-corrected chi connectivity index (χ3v) is 1.77. The Morgan fingerprint density at radius 3 is 3.08 bits per heavy atom. The Morgan fingerprint density at radius 2 is 2.33 bits per heavy atom. The van der Waals surface area contributed by atoms with Crippen molar-refractivity contribution in [1.29, 1.82) is 0 Å². The molecule has 2 aromatic rings. The molecule has 2 rings (SSSR count). The van der Waals surface area contributed by atoms with Gasteiger partial charge in [0.05, 0.1) is 5.39 Å². The van der Waals surface area contributed by atoms with Gasteiger partial charge in [0.2, 0.25) is 0 Å². The summed E-state index contributed by atoms with van der Waals surface area (Å²) in [6.45, 7) is 0. The molecule has 1 heterocycles. The van der Waals surface area contributed by atoms with Crippen LogP contribution in [0, 0.1) is 0 Å². The maximum absolute atomic E-state index is 11.1. The zero-order valence-electron chi connectivity index (χ0n) is 6.55. The van der Waals surface area contributed by atoms with Crippen molar-refractivity contribution in [3.8, 4) is 0 Å². The summed E-state index contributed by atoms with van der Waals surface area (Å²) >= 11 is 0. The minimum Gasteiger partial charge on any atom is -0.388 e. The highest BCUT2D eigenvalue weighted by atomic mass is 16.5. The van der Waals surface area contributed by atoms with Gasteiger partial charge in [-0.1, -0.05) is 0 Å². The molecule has 0 bridgehead atoms. The number of fused-ring (bicyclic) bond motifs is 1. The van der Waals surface area contributed by atoms with Gasteiger partial charge in [0.15, 0.2) is 5.58 Å². The van der Waals surface area contributed by atoms with Crippen LogP contribution in [-0.4, -0.2) is 12.2 Å². The van der Waals surface area contributed by atoms with E-state index in [4.69, 9.17) is 4.52 Å². The quantitative estimate of drug-likeness (QED) is 0.665. The van der Waals surface area contributed by atoms with Crippen LogP contribution in [0.15, 0.2) is 27.5 Å². The molecule has 0 aliphatic heterocycles. The molecule has 1 aromatic carbocycles. The fourth-order valence-electron chi connectivity index (χ4n) is 1.11. The second-order valence-electron chi connectivity index (χ2n) is 2.49. The third kappa shape index (κ3) is 0.887. The van der Waals surface area contributed by atoms with E-state index in [9.17, 15) is 4.79 Å². The molecule has 0 aliphatic carbocycles. The van der Waals surface area contributed by atoms with Crippen LogP contribution in [0.3, 0.4) is 0 Å². The number of H-pyrrole nitrogens is 1. The fraction of sp³-hybridized carbons (Fsp3) is 0.125. The lowest BCUT2D eigenvalue weighted by atomic mass is 10.2. The van der Waals surface area contributed by atoms with E-state index in [-0.39, 0.29) is 5.56 Å². The maximum Gasteiger partial charge on any atom is 0.287 e. The lowest BCUT2D eigenvalue weighted by molar-refractivity contribution is 0.449. The van der Waals surface area contributed by atoms with E-state index in [1.165, 1.54) is 0 Å². The smallest absolute Gasteiger partial charge is 0.287 e. The molecule has 12 heavy (non-hydrogen) atoms. The zero-order valence-corrected chi connectivity index (χ0v) is 6.55. The van der Waals surface area contributed by atoms with Gasteiger partial charge < -0.3 is 9.84 Å². The van der Waals surface area contributed by atoms with Gasteiger partial charge in [-0.3, -0.25) is 4.79 Å². The number of benzene rings is 1. The van der Waals surface area contributed by atoms with Crippen molar-refractivity contribution in [1.82, 2.24) is 5.16 Å². The van der Waals surface area contributed by atoms with Crippen LogP contribution in [0.5, 0.6) is 0 Å². The van der Waals surface area contributed by atoms with Crippen molar-refractivity contribution in [3.63, 3.8) is 0 Å². The summed E-state index contributed by atoms with van der Waals surface area (Å²) in [6.07, 6.45) is 0. The van der Waals surface area contributed by atoms with Crippen molar-refractivity contribution in [3.05, 3.63) is 28.6 Å². The minimum absolute atomic E-state index is 0.192. The molecule has 4 nitrogen and oxygen atoms in total. The minimum atomic E-state index is -0.192. The number of aromatic amines is 1. The predicted octanol–water partition coefficient (Wildman–Crippen LogP) is 1.16. The lowest BCUT2D eigenvalue weighted by Gasteiger charge is -1.95. The van der Waals surface area contributed by atoms with Gasteiger partial charge in [-0.05, 0) is 18.2 Å². The first-order chi connectivity index (χ1) is 5.81. The van der Waals surface area contributed by atoms with Crippen LogP contribution in [0.25, 0.3) is 11.0 Å². The van der Waals surface area contributed by atoms with Crippen LogP contribution in [-0.2, 0) is 0 Å². The standard InChI is InChI=1S/C8H8N2O2/c1-9-5-2-3-7-6(4-5)8(11)10-12-7/h2-4,9H,1H3,(H,10,11). The van der Waals surface area contributed by atoms with Gasteiger partial charge in [-0.15, -0.1) is 0 Å². The molecule has 0 fully saturated rings. The Bertz CT molecular complexity index is 455. The van der Waals surface area contributed by atoms with E-state index >= 15 is 0 Å². The molecule has 0 atom stereocenters. The average molecular weight is 164 g/mol. The van der Waals surface area contributed by atoms with Crippen LogP contribution in [0.4, 0.5) is 5.69 Å². The molecule has 0 saturated carbocycles. The third-order valence-electron chi connectivity index (χ3n) is 1.77. The normalized spacial score (nSPS) is 10.4. The number of hydrogen-bond acceptors (Lipinski definition) is 3. The van der Waals surface area contributed by atoms with Crippen LogP contribution >= 0.6 is 0 Å². The molecule has 62 valence electrons. The summed E-state index contributed by atoms with van der Waals surface area (Å²) in [7, 11) is 1.80. The van der Waals surface area contributed by atoms with E-state index < -0.39 is 0 Å². The van der Waals surface area contributed by atoms with E-state index in [1.54, 1.807) is 19.2 Å². The topological polar surface area (TPSA) is 58.0 Å². The van der Waals surface area contributed by atoms with E-state index in [2.05, 4.69) is 10.5 Å². The van der Waals surface area contributed by atoms with Gasteiger partial charge in [0.1, 0.15) is 0 Å². The first-order valence-electron chi connectivity index (χ1n) is 3.60. The molecule has 0 saturated heterocycles. The molecular formula is C8H8N2O2. The molecule has 4 heteroatoms. The summed E-state index contributed by atoms with van der Waals surface area (Å²) in [6, 6.07) is 5.34. The summed E-state index contributed by atoms with van der Waals surface area (Å²) in [5.41, 5.74) is 1.29. The van der Waals surface area contributed by atoms with Gasteiger partial charge in [0.25, 0.3) is 5.56 Å². The van der Waals surface area contributed by atoms with Crippen LogP contribution in [0.1, 0.15) is 0 Å². The number of rotatable bonds is 1. The van der Waals surface area contributed by atoms with Crippen LogP contribution in [0.2, 0.25) is 0 Å². The van der Waals surface area contributed by atoms with Crippen molar-refractivity contribution >= 4 is 16.7 Å². The molecule has 1 aromatic heterocycles. The van der Waals surface area contributed by atoms with Gasteiger partial charge in [0, 0.05) is 12.7 Å². The highest BCUT2D eigenvalue weighted by Gasteiger charge is 2.02. The van der Waals surface area contributed by atoms with Gasteiger partial charge in [-0.25, -0.2) is 0 Å². The SMILES string of the molecule is CNc1ccc2o[nH]c(=O)c2c1. The average Bonchev–Trinajstić information content (AvgIpc) is 2.47. The zero-order chi connectivity index (χ0) is 8.55. The second kappa shape index (κ2) is 2.41. The number of aromatic nitrogens is 1. The number of hydrogen-bond donors (Lipinski definition) is 2. The van der Waals surface area contributed by atoms with Crippen molar-refractivity contribution in [2.24, 2.45) is 0 Å². The first-order valence-corrected chi connectivity index (χ1v) is 3.60. The lowest BCUT2D eigenvalue weighted by Crippen LogP contribution is -1.97. The summed E-state index contributed by atoms with van der Waals surface area (Å²) in [5.74, 6) is 0. The summed E-state index contributed by atoms with van der Waals surface area (Å²) in [4.78, 5) is 11.1. The first kappa shape index (κ1) is 6.97. The van der Waals surface area contributed by atoms with E-state index in [0.717, 1.165) is 5.69 Å². The Labute approximate surface area is 68.2 Å². The Kier molecular flexibility index (Phi) is 1.40. The Balaban J connectivity index is 2.80. The van der Waals surface area contributed by atoms with Crippen molar-refractivity contribution in [2.75, 3.05) is 12.4 Å². The molecule has 0 aliphatic rings. The highest BCUT2D eigenvalue weighted by molar-refractivity contribution is 5.79. The van der Waals surface area contributed by atoms with Gasteiger partial charge >= 0.3 is 0 Å². The van der Waals surface area contributed by atoms with Crippen molar-refractivity contribution in [2.45, 2.75) is 0 Å². The monoisotopic (exact) mass is 164 g/mol. The number of anilines is 1. The van der Waals surface area contributed by atoms with E-state index in [1.807, 2.05) is 6.07 Å². The molecule has 2 N–H and O–H groups in total. The Morgan fingerprint density at radius 1 is 1.50 bits per heavy atom. The van der Waals surface area contributed by atoms with Crippen molar-refractivity contribution < 1.29 is 4.52 Å². The second-order valence-corrected chi connectivity index (χ2v) is 2.49. The Hall–Kier alpha value is -1.71. The summed E-state index contributed by atoms with van der Waals surface area (Å²) < 4.78 is 4.88. The van der Waals surface area contributed by atoms with E-state index in [0.29, 0.717) is 11.0 Å². The largest absolute Gasteiger partial charge is 0.388 e. The van der Waals surface area contributed by atoms with Crippen LogP contribution < -0.4 is 10.9 Å². The fourth-order valence-corrected chi connectivity index (χ4v) is 1.11. The molecule has 0 spiro atoms. The van der Waals surface area contributed by atoms with Gasteiger partial charge in [-0.2, -0.15) is 5.16 Å². The summed E-state index contributed by atoms with van der Waals surface area (Å²) in [5, 5.41) is 5.78. The molecule has 0 amide bonds. The predicted molar refractivity (Wildman–Crippen MR) is 46.4 cm³/mol.